The van der Waals surface area contributed by atoms with Crippen molar-refractivity contribution >= 4 is 49.8 Å². The first kappa shape index (κ1) is 23.3. The van der Waals surface area contributed by atoms with Gasteiger partial charge in [-0.1, -0.05) is 18.0 Å². The lowest BCUT2D eigenvalue weighted by atomic mass is 10.1. The molecule has 2 aromatic carbocycles. The van der Waals surface area contributed by atoms with Gasteiger partial charge in [-0.05, 0) is 73.5 Å². The second-order valence-electron chi connectivity index (χ2n) is 8.41. The number of hydrogen-bond acceptors (Lipinski definition) is 5. The van der Waals surface area contributed by atoms with Crippen molar-refractivity contribution in [3.05, 3.63) is 83.6 Å². The molecule has 0 spiro atoms. The highest BCUT2D eigenvalue weighted by Gasteiger charge is 2.24. The van der Waals surface area contributed by atoms with Crippen molar-refractivity contribution in [2.45, 2.75) is 19.3 Å². The molecule has 1 aliphatic rings. The third-order valence-electron chi connectivity index (χ3n) is 6.01. The fourth-order valence-electron chi connectivity index (χ4n) is 4.15. The van der Waals surface area contributed by atoms with Crippen molar-refractivity contribution in [2.24, 2.45) is 0 Å². The fraction of sp³-hybridized carbons (Fsp3) is 0.192. The summed E-state index contributed by atoms with van der Waals surface area (Å²) in [6, 6.07) is 17.5. The summed E-state index contributed by atoms with van der Waals surface area (Å²) in [6.07, 6.45) is 5.83. The topological polar surface area (TPSA) is 92.3 Å². The highest BCUT2D eigenvalue weighted by Crippen LogP contribution is 2.31. The summed E-state index contributed by atoms with van der Waals surface area (Å²) in [4.78, 5) is 21.7. The summed E-state index contributed by atoms with van der Waals surface area (Å²) < 4.78 is 26.5. The van der Waals surface area contributed by atoms with Crippen LogP contribution < -0.4 is 9.62 Å². The maximum absolute atomic E-state index is 12.9. The molecule has 0 bridgehead atoms. The lowest BCUT2D eigenvalue weighted by molar-refractivity contribution is 0.102. The van der Waals surface area contributed by atoms with Crippen LogP contribution in [-0.4, -0.2) is 36.6 Å². The largest absolute Gasteiger partial charge is 0.322 e. The number of halogens is 1. The predicted octanol–water partition coefficient (Wildman–Crippen LogP) is 5.52. The molecule has 7 nitrogen and oxygen atoms in total. The third-order valence-corrected chi connectivity index (χ3v) is 8.21. The van der Waals surface area contributed by atoms with E-state index in [-0.39, 0.29) is 11.7 Å². The molecule has 1 amide bonds. The number of pyridine rings is 2. The zero-order valence-corrected chi connectivity index (χ0v) is 20.4. The van der Waals surface area contributed by atoms with Gasteiger partial charge in [0.1, 0.15) is 0 Å². The molecule has 5 rings (SSSR count). The number of carbonyl (C=O) groups is 1. The molecule has 2 aromatic heterocycles. The Morgan fingerprint density at radius 3 is 2.63 bits per heavy atom. The molecule has 0 aliphatic carbocycles. The molecule has 1 fully saturated rings. The van der Waals surface area contributed by atoms with Crippen LogP contribution in [0, 0.1) is 0 Å². The Kier molecular flexibility index (Phi) is 6.40. The smallest absolute Gasteiger partial charge is 0.255 e. The van der Waals surface area contributed by atoms with Crippen molar-refractivity contribution in [1.29, 1.82) is 0 Å². The van der Waals surface area contributed by atoms with Gasteiger partial charge >= 0.3 is 0 Å². The van der Waals surface area contributed by atoms with Gasteiger partial charge in [-0.15, -0.1) is 0 Å². The highest BCUT2D eigenvalue weighted by atomic mass is 35.5. The molecular weight excluding hydrogens is 484 g/mol. The first-order valence-electron chi connectivity index (χ1n) is 11.3. The Morgan fingerprint density at radius 2 is 1.80 bits per heavy atom. The van der Waals surface area contributed by atoms with Crippen molar-refractivity contribution in [3.63, 3.8) is 0 Å². The Bertz CT molecular complexity index is 1510. The number of sulfonamides is 1. The van der Waals surface area contributed by atoms with Crippen LogP contribution in [0.15, 0.2) is 73.1 Å². The lowest BCUT2D eigenvalue weighted by Crippen LogP contribution is -2.32. The van der Waals surface area contributed by atoms with Gasteiger partial charge in [0, 0.05) is 41.1 Å². The van der Waals surface area contributed by atoms with Crippen molar-refractivity contribution < 1.29 is 13.2 Å². The number of nitrogens with one attached hydrogen (secondary N) is 1. The number of carbonyl (C=O) groups excluding carboxylic acids is 1. The normalized spacial score (nSPS) is 15.5. The predicted molar refractivity (Wildman–Crippen MR) is 139 cm³/mol. The monoisotopic (exact) mass is 506 g/mol. The van der Waals surface area contributed by atoms with E-state index in [1.54, 1.807) is 54.9 Å². The van der Waals surface area contributed by atoms with Gasteiger partial charge in [-0.25, -0.2) is 13.4 Å². The summed E-state index contributed by atoms with van der Waals surface area (Å²) >= 11 is 6.44. The van der Waals surface area contributed by atoms with Crippen LogP contribution >= 0.6 is 11.6 Å². The summed E-state index contributed by atoms with van der Waals surface area (Å²) in [5, 5.41) is 4.34. The Hall–Kier alpha value is -3.49. The molecule has 4 aromatic rings. The maximum Gasteiger partial charge on any atom is 0.255 e. The molecule has 35 heavy (non-hydrogen) atoms. The van der Waals surface area contributed by atoms with Gasteiger partial charge in [0.05, 0.1) is 27.7 Å². The summed E-state index contributed by atoms with van der Waals surface area (Å²) in [5.74, 6) is -0.155. The zero-order chi connectivity index (χ0) is 24.4. The lowest BCUT2D eigenvalue weighted by Gasteiger charge is -2.22. The minimum atomic E-state index is -3.33. The molecule has 1 N–H and O–H groups in total. The molecule has 0 saturated carbocycles. The standard InChI is InChI=1S/C26H23ClN4O3S/c27-23-10-7-20(16-22(23)25-11-6-19-17-28-13-12-24(19)30-25)29-26(32)18-4-8-21(9-5-18)31-14-2-1-3-15-35(31,33)34/h4-13,16-17H,1-3,14-15H2,(H,29,32). The van der Waals surface area contributed by atoms with E-state index < -0.39 is 10.0 Å². The molecule has 178 valence electrons. The average molecular weight is 507 g/mol. The van der Waals surface area contributed by atoms with Crippen molar-refractivity contribution in [1.82, 2.24) is 9.97 Å². The van der Waals surface area contributed by atoms with E-state index >= 15 is 0 Å². The highest BCUT2D eigenvalue weighted by molar-refractivity contribution is 7.92. The number of hydrogen-bond donors (Lipinski definition) is 1. The number of benzene rings is 2. The van der Waals surface area contributed by atoms with Gasteiger partial charge < -0.3 is 5.32 Å². The first-order chi connectivity index (χ1) is 16.9. The van der Waals surface area contributed by atoms with E-state index in [9.17, 15) is 13.2 Å². The van der Waals surface area contributed by atoms with E-state index in [1.165, 1.54) is 4.31 Å². The molecule has 1 saturated heterocycles. The second kappa shape index (κ2) is 9.64. The van der Waals surface area contributed by atoms with Gasteiger partial charge in [0.25, 0.3) is 5.91 Å². The van der Waals surface area contributed by atoms with Gasteiger partial charge in [-0.2, -0.15) is 0 Å². The summed E-state index contributed by atoms with van der Waals surface area (Å²) in [7, 11) is -3.33. The Morgan fingerprint density at radius 1 is 0.971 bits per heavy atom. The summed E-state index contributed by atoms with van der Waals surface area (Å²) in [6.45, 7) is 0.459. The minimum absolute atomic E-state index is 0.150. The fourth-order valence-corrected chi connectivity index (χ4v) is 6.01. The molecule has 0 atom stereocenters. The van der Waals surface area contributed by atoms with Crippen LogP contribution in [0.1, 0.15) is 29.6 Å². The summed E-state index contributed by atoms with van der Waals surface area (Å²) in [5.41, 5.74) is 3.76. The number of rotatable bonds is 4. The van der Waals surface area contributed by atoms with Crippen molar-refractivity contribution in [3.8, 4) is 11.3 Å². The number of fused-ring (bicyclic) bond motifs is 1. The van der Waals surface area contributed by atoms with Crippen LogP contribution in [0.5, 0.6) is 0 Å². The first-order valence-corrected chi connectivity index (χ1v) is 13.3. The van der Waals surface area contributed by atoms with Crippen LogP contribution in [0.3, 0.4) is 0 Å². The van der Waals surface area contributed by atoms with E-state index in [0.717, 1.165) is 23.7 Å². The quantitative estimate of drug-likeness (QED) is 0.393. The van der Waals surface area contributed by atoms with Crippen LogP contribution in [0.4, 0.5) is 11.4 Å². The SMILES string of the molecule is O=C(Nc1ccc(Cl)c(-c2ccc3cnccc3n2)c1)c1ccc(N2CCCCCS2(=O)=O)cc1. The van der Waals surface area contributed by atoms with Crippen LogP contribution in [-0.2, 0) is 10.0 Å². The average Bonchev–Trinajstić information content (AvgIpc) is 3.05. The molecule has 0 radical (unpaired) electrons. The van der Waals surface area contributed by atoms with E-state index in [4.69, 9.17) is 11.6 Å². The minimum Gasteiger partial charge on any atom is -0.322 e. The Labute approximate surface area is 208 Å². The van der Waals surface area contributed by atoms with Gasteiger partial charge in [0.2, 0.25) is 10.0 Å². The van der Waals surface area contributed by atoms with E-state index in [2.05, 4.69) is 15.3 Å². The molecule has 3 heterocycles. The molecule has 9 heteroatoms. The number of aromatic nitrogens is 2. The van der Waals surface area contributed by atoms with E-state index in [1.807, 2.05) is 18.2 Å². The Balaban J connectivity index is 1.36. The zero-order valence-electron chi connectivity index (χ0n) is 18.8. The molecule has 0 unspecified atom stereocenters. The van der Waals surface area contributed by atoms with Crippen LogP contribution in [0.25, 0.3) is 22.2 Å². The van der Waals surface area contributed by atoms with Gasteiger partial charge in [-0.3, -0.25) is 14.1 Å². The van der Waals surface area contributed by atoms with Gasteiger partial charge in [0.15, 0.2) is 0 Å². The molecular formula is C26H23ClN4O3S. The maximum atomic E-state index is 12.9. The number of amides is 1. The number of anilines is 2. The molecule has 1 aliphatic heterocycles. The van der Waals surface area contributed by atoms with E-state index in [0.29, 0.717) is 46.2 Å². The third kappa shape index (κ3) is 4.99. The van der Waals surface area contributed by atoms with Crippen molar-refractivity contribution in [2.75, 3.05) is 21.9 Å². The second-order valence-corrected chi connectivity index (χ2v) is 10.8. The van der Waals surface area contributed by atoms with Crippen LogP contribution in [0.2, 0.25) is 5.02 Å². The number of nitrogens with zero attached hydrogens (tertiary/aromatic N) is 3.